The van der Waals surface area contributed by atoms with Crippen LogP contribution in [0.1, 0.15) is 5.56 Å². The molecule has 0 saturated carbocycles. The molecule has 1 amide bonds. The third kappa shape index (κ3) is 4.16. The van der Waals surface area contributed by atoms with E-state index in [1.165, 1.54) is 6.20 Å². The predicted molar refractivity (Wildman–Crippen MR) is 96.7 cm³/mol. The van der Waals surface area contributed by atoms with Crippen molar-refractivity contribution in [3.05, 3.63) is 71.2 Å². The lowest BCUT2D eigenvalue weighted by Gasteiger charge is -2.06. The Hall–Kier alpha value is -3.30. The van der Waals surface area contributed by atoms with Crippen molar-refractivity contribution in [2.75, 3.05) is 5.32 Å². The normalized spacial score (nSPS) is 11.1. The van der Waals surface area contributed by atoms with Gasteiger partial charge in [-0.25, -0.2) is 4.98 Å². The van der Waals surface area contributed by atoms with Gasteiger partial charge in [0.1, 0.15) is 11.6 Å². The number of rotatable bonds is 5. The summed E-state index contributed by atoms with van der Waals surface area (Å²) in [6.45, 7) is 0.315. The highest BCUT2D eigenvalue weighted by Crippen LogP contribution is 2.16. The summed E-state index contributed by atoms with van der Waals surface area (Å²) in [5.41, 5.74) is 3.33. The van der Waals surface area contributed by atoms with Gasteiger partial charge in [-0.05, 0) is 35.9 Å². The van der Waals surface area contributed by atoms with Gasteiger partial charge >= 0.3 is 0 Å². The molecular formula is C18H14ClN5O. The molecule has 3 rings (SSSR count). The summed E-state index contributed by atoms with van der Waals surface area (Å²) in [7, 11) is 0. The Morgan fingerprint density at radius 2 is 2.08 bits per heavy atom. The number of benzene rings is 2. The molecule has 0 fully saturated rings. The summed E-state index contributed by atoms with van der Waals surface area (Å²) in [5, 5.41) is 15.5. The van der Waals surface area contributed by atoms with Crippen molar-refractivity contribution in [2.24, 2.45) is 0 Å². The van der Waals surface area contributed by atoms with Gasteiger partial charge in [0.25, 0.3) is 5.91 Å². The highest BCUT2D eigenvalue weighted by atomic mass is 35.5. The van der Waals surface area contributed by atoms with E-state index < -0.39 is 5.91 Å². The van der Waals surface area contributed by atoms with Gasteiger partial charge in [0, 0.05) is 23.5 Å². The zero-order valence-electron chi connectivity index (χ0n) is 13.1. The molecule has 124 valence electrons. The number of carbonyl (C=O) groups is 1. The molecular weight excluding hydrogens is 338 g/mol. The Balaban J connectivity index is 1.63. The number of imidazole rings is 1. The number of carbonyl (C=O) groups excluding carboxylic acids is 1. The molecule has 3 aromatic rings. The predicted octanol–water partition coefficient (Wildman–Crippen LogP) is 3.35. The molecule has 0 atom stereocenters. The van der Waals surface area contributed by atoms with Crippen LogP contribution in [-0.2, 0) is 11.3 Å². The highest BCUT2D eigenvalue weighted by molar-refractivity contribution is 6.30. The number of aromatic amines is 1. The lowest BCUT2D eigenvalue weighted by Crippen LogP contribution is -2.24. The SMILES string of the molecule is N#C/C(=C/Nc1ccc2nc[nH]c2c1)C(=O)NCc1ccc(Cl)cc1. The zero-order valence-corrected chi connectivity index (χ0v) is 13.8. The summed E-state index contributed by atoms with van der Waals surface area (Å²) < 4.78 is 0. The molecule has 25 heavy (non-hydrogen) atoms. The van der Waals surface area contributed by atoms with Gasteiger partial charge < -0.3 is 15.6 Å². The molecule has 0 aliphatic carbocycles. The summed E-state index contributed by atoms with van der Waals surface area (Å²) in [5.74, 6) is -0.451. The van der Waals surface area contributed by atoms with Crippen LogP contribution in [0.15, 0.2) is 60.6 Å². The fraction of sp³-hybridized carbons (Fsp3) is 0.0556. The number of H-pyrrole nitrogens is 1. The van der Waals surface area contributed by atoms with Crippen LogP contribution in [0.3, 0.4) is 0 Å². The molecule has 2 aromatic carbocycles. The van der Waals surface area contributed by atoms with E-state index in [2.05, 4.69) is 20.6 Å². The summed E-state index contributed by atoms with van der Waals surface area (Å²) >= 11 is 5.82. The van der Waals surface area contributed by atoms with Gasteiger partial charge in [0.15, 0.2) is 0 Å². The molecule has 0 aliphatic heterocycles. The fourth-order valence-corrected chi connectivity index (χ4v) is 2.34. The lowest BCUT2D eigenvalue weighted by atomic mass is 10.2. The number of hydrogen-bond acceptors (Lipinski definition) is 4. The third-order valence-corrected chi connectivity index (χ3v) is 3.79. The van der Waals surface area contributed by atoms with Crippen molar-refractivity contribution in [2.45, 2.75) is 6.54 Å². The number of nitrogens with zero attached hydrogens (tertiary/aromatic N) is 2. The van der Waals surface area contributed by atoms with Crippen LogP contribution in [0.5, 0.6) is 0 Å². The van der Waals surface area contributed by atoms with Crippen LogP contribution in [0, 0.1) is 11.3 Å². The molecule has 1 aromatic heterocycles. The van der Waals surface area contributed by atoms with Gasteiger partial charge in [0.05, 0.1) is 17.4 Å². The summed E-state index contributed by atoms with van der Waals surface area (Å²) in [6, 6.07) is 14.5. The maximum atomic E-state index is 12.1. The van der Waals surface area contributed by atoms with Crippen molar-refractivity contribution in [1.82, 2.24) is 15.3 Å². The number of hydrogen-bond donors (Lipinski definition) is 3. The minimum atomic E-state index is -0.451. The van der Waals surface area contributed by atoms with Crippen molar-refractivity contribution in [3.63, 3.8) is 0 Å². The average molecular weight is 352 g/mol. The second-order valence-corrected chi connectivity index (χ2v) is 5.69. The standard InChI is InChI=1S/C18H14ClN5O/c19-14-3-1-12(2-4-14)9-22-18(25)13(8-20)10-21-15-5-6-16-17(7-15)24-11-23-16/h1-7,10-11,21H,9H2,(H,22,25)(H,23,24)/b13-10-. The first kappa shape index (κ1) is 16.6. The molecule has 7 heteroatoms. The van der Waals surface area contributed by atoms with Crippen molar-refractivity contribution in [1.29, 1.82) is 5.26 Å². The Labute approximate surface area is 149 Å². The molecule has 1 heterocycles. The molecule has 6 nitrogen and oxygen atoms in total. The van der Waals surface area contributed by atoms with E-state index in [1.807, 2.05) is 36.4 Å². The molecule has 3 N–H and O–H groups in total. The van der Waals surface area contributed by atoms with Crippen LogP contribution < -0.4 is 10.6 Å². The lowest BCUT2D eigenvalue weighted by molar-refractivity contribution is -0.117. The average Bonchev–Trinajstić information content (AvgIpc) is 3.09. The molecule has 0 spiro atoms. The molecule has 0 saturated heterocycles. The minimum Gasteiger partial charge on any atom is -0.360 e. The second kappa shape index (κ2) is 7.51. The summed E-state index contributed by atoms with van der Waals surface area (Å²) in [6.07, 6.45) is 2.99. The van der Waals surface area contributed by atoms with Crippen LogP contribution in [0.2, 0.25) is 5.02 Å². The van der Waals surface area contributed by atoms with Gasteiger partial charge in [-0.2, -0.15) is 5.26 Å². The first-order valence-electron chi connectivity index (χ1n) is 7.48. The van der Waals surface area contributed by atoms with E-state index in [1.54, 1.807) is 18.5 Å². The quantitative estimate of drug-likeness (QED) is 0.485. The van der Waals surface area contributed by atoms with Crippen molar-refractivity contribution >= 4 is 34.2 Å². The number of anilines is 1. The maximum absolute atomic E-state index is 12.1. The topological polar surface area (TPSA) is 93.6 Å². The van der Waals surface area contributed by atoms with E-state index in [9.17, 15) is 10.1 Å². The van der Waals surface area contributed by atoms with Crippen LogP contribution >= 0.6 is 11.6 Å². The first-order chi connectivity index (χ1) is 12.2. The number of amides is 1. The van der Waals surface area contributed by atoms with Gasteiger partial charge in [-0.15, -0.1) is 0 Å². The van der Waals surface area contributed by atoms with Crippen molar-refractivity contribution < 1.29 is 4.79 Å². The van der Waals surface area contributed by atoms with E-state index in [0.717, 1.165) is 22.3 Å². The number of fused-ring (bicyclic) bond motifs is 1. The number of halogens is 1. The van der Waals surface area contributed by atoms with Crippen LogP contribution in [-0.4, -0.2) is 15.9 Å². The number of nitriles is 1. The summed E-state index contributed by atoms with van der Waals surface area (Å²) in [4.78, 5) is 19.3. The van der Waals surface area contributed by atoms with Crippen LogP contribution in [0.25, 0.3) is 11.0 Å². The molecule has 0 bridgehead atoms. The smallest absolute Gasteiger partial charge is 0.263 e. The third-order valence-electron chi connectivity index (χ3n) is 3.53. The Morgan fingerprint density at radius 1 is 1.28 bits per heavy atom. The Bertz CT molecular complexity index is 969. The molecule has 0 aliphatic rings. The van der Waals surface area contributed by atoms with Gasteiger partial charge in [0.2, 0.25) is 0 Å². The first-order valence-corrected chi connectivity index (χ1v) is 7.86. The molecule has 0 unspecified atom stereocenters. The Morgan fingerprint density at radius 3 is 2.84 bits per heavy atom. The molecule has 0 radical (unpaired) electrons. The van der Waals surface area contributed by atoms with Crippen LogP contribution in [0.4, 0.5) is 5.69 Å². The fourth-order valence-electron chi connectivity index (χ4n) is 2.21. The van der Waals surface area contributed by atoms with E-state index in [0.29, 0.717) is 11.6 Å². The van der Waals surface area contributed by atoms with E-state index in [-0.39, 0.29) is 5.57 Å². The largest absolute Gasteiger partial charge is 0.360 e. The number of aromatic nitrogens is 2. The second-order valence-electron chi connectivity index (χ2n) is 5.26. The number of nitrogens with one attached hydrogen (secondary N) is 3. The van der Waals surface area contributed by atoms with E-state index >= 15 is 0 Å². The monoisotopic (exact) mass is 351 g/mol. The van der Waals surface area contributed by atoms with E-state index in [4.69, 9.17) is 11.6 Å². The minimum absolute atomic E-state index is 0.0151. The highest BCUT2D eigenvalue weighted by Gasteiger charge is 2.08. The Kier molecular flexibility index (Phi) is 4.97. The van der Waals surface area contributed by atoms with Gasteiger partial charge in [-0.1, -0.05) is 23.7 Å². The zero-order chi connectivity index (χ0) is 17.6. The van der Waals surface area contributed by atoms with Gasteiger partial charge in [-0.3, -0.25) is 4.79 Å². The van der Waals surface area contributed by atoms with Crippen molar-refractivity contribution in [3.8, 4) is 6.07 Å². The maximum Gasteiger partial charge on any atom is 0.263 e.